The van der Waals surface area contributed by atoms with Crippen molar-refractivity contribution in [3.8, 4) is 11.9 Å². The Morgan fingerprint density at radius 1 is 1.02 bits per heavy atom. The first kappa shape index (κ1) is 26.7. The lowest BCUT2D eigenvalue weighted by Crippen LogP contribution is -2.32. The first-order valence-corrected chi connectivity index (χ1v) is 13.1. The van der Waals surface area contributed by atoms with Crippen molar-refractivity contribution in [2.45, 2.75) is 38.7 Å². The lowest BCUT2D eigenvalue weighted by Gasteiger charge is -2.19. The smallest absolute Gasteiger partial charge is 0.338 e. The van der Waals surface area contributed by atoms with E-state index in [1.54, 1.807) is 35.0 Å². The van der Waals surface area contributed by atoms with E-state index in [2.05, 4.69) is 31.6 Å². The van der Waals surface area contributed by atoms with Crippen LogP contribution in [0.4, 0.5) is 0 Å². The summed E-state index contributed by atoms with van der Waals surface area (Å²) in [5.74, 6) is -0.790. The zero-order chi connectivity index (χ0) is 29.2. The second kappa shape index (κ2) is 11.2. The van der Waals surface area contributed by atoms with Gasteiger partial charge in [0.25, 0.3) is 0 Å². The Kier molecular flexibility index (Phi) is 7.12. The molecule has 0 amide bonds. The number of carbonyl (C=O) groups is 2. The van der Waals surface area contributed by atoms with Gasteiger partial charge in [0.2, 0.25) is 0 Å². The minimum atomic E-state index is -0.800. The topological polar surface area (TPSA) is 160 Å². The van der Waals surface area contributed by atoms with Gasteiger partial charge in [-0.2, -0.15) is 10.4 Å². The molecule has 13 nitrogen and oxygen atoms in total. The predicted octanol–water partition coefficient (Wildman–Crippen LogP) is 3.27. The Balaban J connectivity index is 1.29. The first-order chi connectivity index (χ1) is 20.4. The number of rotatable bonds is 7. The standard InChI is InChI=1S/C29H24N8O5/c1-17-3-7-19(8-4-17)28(38)40-14-23-22(42-29(39)20-9-5-18(2)6-10-20)11-24(41-23)36-13-21(12-30)25-26(36)33-35-34-27(25)37-16-31-15-32-37/h3-10,13,15-16,22-24H,11,14H2,1-2H3/t22-,23+,24+/m0/s1. The molecule has 0 N–H and O–H groups in total. The number of benzene rings is 2. The lowest BCUT2D eigenvalue weighted by molar-refractivity contribution is -0.0562. The second-order valence-corrected chi connectivity index (χ2v) is 9.85. The van der Waals surface area contributed by atoms with E-state index in [0.717, 1.165) is 11.1 Å². The van der Waals surface area contributed by atoms with Gasteiger partial charge in [0, 0.05) is 12.6 Å². The maximum Gasteiger partial charge on any atom is 0.338 e. The highest BCUT2D eigenvalue weighted by molar-refractivity contribution is 5.90. The maximum absolute atomic E-state index is 13.0. The van der Waals surface area contributed by atoms with Crippen LogP contribution in [-0.4, -0.2) is 65.5 Å². The van der Waals surface area contributed by atoms with E-state index in [9.17, 15) is 14.9 Å². The summed E-state index contributed by atoms with van der Waals surface area (Å²) in [6, 6.07) is 16.2. The zero-order valence-corrected chi connectivity index (χ0v) is 22.6. The Bertz CT molecular complexity index is 1790. The van der Waals surface area contributed by atoms with Crippen LogP contribution in [0.25, 0.3) is 16.9 Å². The minimum Gasteiger partial charge on any atom is -0.459 e. The molecule has 1 saturated heterocycles. The summed E-state index contributed by atoms with van der Waals surface area (Å²) >= 11 is 0. The number of aromatic nitrogens is 7. The molecule has 42 heavy (non-hydrogen) atoms. The predicted molar refractivity (Wildman–Crippen MR) is 145 cm³/mol. The normalized spacial score (nSPS) is 18.1. The molecule has 3 atom stereocenters. The van der Waals surface area contributed by atoms with E-state index in [1.165, 1.54) is 17.3 Å². The van der Waals surface area contributed by atoms with Crippen molar-refractivity contribution in [2.24, 2.45) is 0 Å². The van der Waals surface area contributed by atoms with E-state index in [-0.39, 0.29) is 24.4 Å². The molecule has 0 spiro atoms. The van der Waals surface area contributed by atoms with E-state index < -0.39 is 30.4 Å². The van der Waals surface area contributed by atoms with Crippen LogP contribution in [0.1, 0.15) is 50.1 Å². The van der Waals surface area contributed by atoms with Crippen LogP contribution in [0.3, 0.4) is 0 Å². The van der Waals surface area contributed by atoms with Gasteiger partial charge in [-0.15, -0.1) is 10.2 Å². The number of nitrogens with zero attached hydrogens (tertiary/aromatic N) is 8. The molecule has 4 heterocycles. The van der Waals surface area contributed by atoms with Gasteiger partial charge >= 0.3 is 11.9 Å². The summed E-state index contributed by atoms with van der Waals surface area (Å²) in [6.45, 7) is 3.68. The molecule has 13 heteroatoms. The van der Waals surface area contributed by atoms with Crippen LogP contribution in [0.5, 0.6) is 0 Å². The van der Waals surface area contributed by atoms with Crippen LogP contribution in [0.2, 0.25) is 0 Å². The zero-order valence-electron chi connectivity index (χ0n) is 22.6. The molecule has 1 aliphatic heterocycles. The molecule has 1 fully saturated rings. The molecule has 1 aliphatic rings. The molecule has 5 aromatic rings. The lowest BCUT2D eigenvalue weighted by atomic mass is 10.1. The SMILES string of the molecule is Cc1ccc(C(=O)OC[C@H]2O[C@@H](n3cc(C#N)c4c(-n5cncn5)nnnc43)C[C@@H]2OC(=O)c2ccc(C)cc2)cc1. The summed E-state index contributed by atoms with van der Waals surface area (Å²) in [6.07, 6.45) is 2.25. The van der Waals surface area contributed by atoms with Crippen molar-refractivity contribution in [1.29, 1.82) is 5.26 Å². The molecule has 210 valence electrons. The minimum absolute atomic E-state index is 0.170. The largest absolute Gasteiger partial charge is 0.459 e. The summed E-state index contributed by atoms with van der Waals surface area (Å²) < 4.78 is 20.8. The third kappa shape index (κ3) is 5.18. The molecule has 0 saturated carbocycles. The van der Waals surface area contributed by atoms with Crippen LogP contribution in [0, 0.1) is 25.2 Å². The highest BCUT2D eigenvalue weighted by Crippen LogP contribution is 2.36. The van der Waals surface area contributed by atoms with Crippen molar-refractivity contribution in [1.82, 2.24) is 34.7 Å². The van der Waals surface area contributed by atoms with Gasteiger partial charge in [0.15, 0.2) is 11.5 Å². The highest BCUT2D eigenvalue weighted by atomic mass is 16.6. The molecule has 3 aromatic heterocycles. The van der Waals surface area contributed by atoms with Gasteiger partial charge in [0.05, 0.1) is 22.1 Å². The molecule has 0 bridgehead atoms. The van der Waals surface area contributed by atoms with Crippen LogP contribution >= 0.6 is 0 Å². The average molecular weight is 565 g/mol. The van der Waals surface area contributed by atoms with Gasteiger partial charge in [-0.05, 0) is 43.3 Å². The van der Waals surface area contributed by atoms with Crippen molar-refractivity contribution in [3.05, 3.63) is 95.2 Å². The number of carbonyl (C=O) groups excluding carboxylic acids is 2. The number of ether oxygens (including phenoxy) is 3. The third-order valence-electron chi connectivity index (χ3n) is 6.97. The fourth-order valence-corrected chi connectivity index (χ4v) is 4.75. The average Bonchev–Trinajstić information content (AvgIpc) is 3.75. The Hall–Kier alpha value is -5.48. The van der Waals surface area contributed by atoms with Crippen molar-refractivity contribution >= 4 is 23.0 Å². The van der Waals surface area contributed by atoms with Gasteiger partial charge in [-0.1, -0.05) is 35.4 Å². The number of aryl methyl sites for hydroxylation is 2. The van der Waals surface area contributed by atoms with E-state index in [4.69, 9.17) is 14.2 Å². The summed E-state index contributed by atoms with van der Waals surface area (Å²) in [7, 11) is 0. The van der Waals surface area contributed by atoms with Gasteiger partial charge in [-0.25, -0.2) is 19.3 Å². The third-order valence-corrected chi connectivity index (χ3v) is 6.97. The molecule has 0 radical (unpaired) electrons. The van der Waals surface area contributed by atoms with E-state index in [0.29, 0.717) is 22.2 Å². The van der Waals surface area contributed by atoms with Crippen LogP contribution < -0.4 is 0 Å². The fraction of sp³-hybridized carbons (Fsp3) is 0.241. The molecular weight excluding hydrogens is 540 g/mol. The van der Waals surface area contributed by atoms with Crippen LogP contribution in [-0.2, 0) is 14.2 Å². The molecule has 0 aliphatic carbocycles. The van der Waals surface area contributed by atoms with Gasteiger partial charge < -0.3 is 18.8 Å². The number of hydrogen-bond acceptors (Lipinski definition) is 11. The van der Waals surface area contributed by atoms with E-state index >= 15 is 0 Å². The number of fused-ring (bicyclic) bond motifs is 1. The number of nitriles is 1. The maximum atomic E-state index is 13.0. The molecule has 2 aromatic carbocycles. The summed E-state index contributed by atoms with van der Waals surface area (Å²) in [4.78, 5) is 29.7. The van der Waals surface area contributed by atoms with Gasteiger partial charge in [-0.3, -0.25) is 0 Å². The Morgan fingerprint density at radius 2 is 1.71 bits per heavy atom. The van der Waals surface area contributed by atoms with Crippen molar-refractivity contribution < 1.29 is 23.8 Å². The summed E-state index contributed by atoms with van der Waals surface area (Å²) in [5.41, 5.74) is 3.37. The Labute approximate surface area is 239 Å². The van der Waals surface area contributed by atoms with Crippen molar-refractivity contribution in [3.63, 3.8) is 0 Å². The van der Waals surface area contributed by atoms with Crippen molar-refractivity contribution in [2.75, 3.05) is 6.61 Å². The van der Waals surface area contributed by atoms with Gasteiger partial charge in [0.1, 0.15) is 43.8 Å². The number of hydrogen-bond donors (Lipinski definition) is 0. The molecule has 0 unspecified atom stereocenters. The second-order valence-electron chi connectivity index (χ2n) is 9.85. The van der Waals surface area contributed by atoms with Crippen LogP contribution in [0.15, 0.2) is 67.4 Å². The monoisotopic (exact) mass is 564 g/mol. The summed E-state index contributed by atoms with van der Waals surface area (Å²) in [5, 5.41) is 26.5. The highest BCUT2D eigenvalue weighted by Gasteiger charge is 2.41. The Morgan fingerprint density at radius 3 is 2.36 bits per heavy atom. The molecular formula is C29H24N8O5. The quantitative estimate of drug-likeness (QED) is 0.267. The first-order valence-electron chi connectivity index (χ1n) is 13.1. The number of esters is 2. The fourth-order valence-electron chi connectivity index (χ4n) is 4.75. The molecule has 6 rings (SSSR count). The van der Waals surface area contributed by atoms with E-state index in [1.807, 2.05) is 38.1 Å².